The number of nitrogens with one attached hydrogen (secondary N) is 1. The van der Waals surface area contributed by atoms with E-state index in [4.69, 9.17) is 23.2 Å². The Hall–Kier alpha value is -1.04. The zero-order chi connectivity index (χ0) is 15.1. The quantitative estimate of drug-likeness (QED) is 0.764. The third-order valence-electron chi connectivity index (χ3n) is 3.37. The number of aryl methyl sites for hydroxylation is 1. The summed E-state index contributed by atoms with van der Waals surface area (Å²) in [4.78, 5) is 16.5. The zero-order valence-electron chi connectivity index (χ0n) is 11.2. The van der Waals surface area contributed by atoms with E-state index in [1.807, 2.05) is 17.7 Å². The summed E-state index contributed by atoms with van der Waals surface area (Å²) in [6.07, 6.45) is 4.13. The lowest BCUT2D eigenvalue weighted by molar-refractivity contribution is 0.101. The van der Waals surface area contributed by atoms with E-state index in [9.17, 15) is 4.79 Å². The van der Waals surface area contributed by atoms with Gasteiger partial charge in [-0.15, -0.1) is 0 Å². The Morgan fingerprint density at radius 1 is 1.43 bits per heavy atom. The highest BCUT2D eigenvalue weighted by Gasteiger charge is 2.28. The first kappa shape index (κ1) is 14.9. The first-order chi connectivity index (χ1) is 9.95. The van der Waals surface area contributed by atoms with Gasteiger partial charge in [0.15, 0.2) is 5.15 Å². The van der Waals surface area contributed by atoms with E-state index in [2.05, 4.69) is 26.2 Å². The van der Waals surface area contributed by atoms with Gasteiger partial charge >= 0.3 is 0 Å². The van der Waals surface area contributed by atoms with Crippen LogP contribution in [-0.4, -0.2) is 15.5 Å². The summed E-state index contributed by atoms with van der Waals surface area (Å²) in [6, 6.07) is 3.89. The van der Waals surface area contributed by atoms with Gasteiger partial charge in [0, 0.05) is 16.7 Å². The minimum absolute atomic E-state index is 0.192. The maximum absolute atomic E-state index is 12.5. The van der Waals surface area contributed by atoms with Crippen LogP contribution in [0.15, 0.2) is 22.8 Å². The van der Waals surface area contributed by atoms with Crippen molar-refractivity contribution in [2.45, 2.75) is 25.8 Å². The van der Waals surface area contributed by atoms with E-state index in [1.54, 1.807) is 12.1 Å². The molecule has 0 atom stereocenters. The highest BCUT2D eigenvalue weighted by atomic mass is 79.9. The molecule has 2 heterocycles. The number of hydrogen-bond acceptors (Lipinski definition) is 2. The maximum Gasteiger partial charge on any atom is 0.272 e. The predicted octanol–water partition coefficient (Wildman–Crippen LogP) is 4.85. The normalized spacial score (nSPS) is 14.3. The summed E-state index contributed by atoms with van der Waals surface area (Å²) in [5.74, 6) is -0.207. The van der Waals surface area contributed by atoms with Crippen LogP contribution in [0.1, 0.15) is 34.9 Å². The average Bonchev–Trinajstić information content (AvgIpc) is 3.16. The fourth-order valence-corrected chi connectivity index (χ4v) is 3.22. The van der Waals surface area contributed by atoms with Gasteiger partial charge in [0.2, 0.25) is 0 Å². The molecule has 0 unspecified atom stereocenters. The zero-order valence-corrected chi connectivity index (χ0v) is 14.3. The Morgan fingerprint density at radius 2 is 2.14 bits per heavy atom. The van der Waals surface area contributed by atoms with Crippen LogP contribution in [0, 0.1) is 6.92 Å². The van der Waals surface area contributed by atoms with Crippen molar-refractivity contribution >= 4 is 50.7 Å². The summed E-state index contributed by atoms with van der Waals surface area (Å²) in [6.45, 7) is 1.82. The van der Waals surface area contributed by atoms with Crippen LogP contribution in [0.2, 0.25) is 10.3 Å². The molecule has 110 valence electrons. The topological polar surface area (TPSA) is 46.9 Å². The van der Waals surface area contributed by atoms with Crippen LogP contribution in [0.4, 0.5) is 5.69 Å². The minimum Gasteiger partial charge on any atom is -0.339 e. The lowest BCUT2D eigenvalue weighted by atomic mass is 10.2. The number of amides is 1. The van der Waals surface area contributed by atoms with E-state index in [0.717, 1.165) is 22.9 Å². The number of rotatable bonds is 3. The smallest absolute Gasteiger partial charge is 0.272 e. The summed E-state index contributed by atoms with van der Waals surface area (Å²) in [7, 11) is 0. The van der Waals surface area contributed by atoms with Gasteiger partial charge < -0.3 is 9.88 Å². The van der Waals surface area contributed by atoms with Crippen molar-refractivity contribution in [3.63, 3.8) is 0 Å². The fourth-order valence-electron chi connectivity index (χ4n) is 2.21. The first-order valence-electron chi connectivity index (χ1n) is 6.47. The summed E-state index contributed by atoms with van der Waals surface area (Å²) < 4.78 is 2.88. The molecule has 7 heteroatoms. The molecular formula is C14H12BrCl2N3O. The van der Waals surface area contributed by atoms with E-state index < -0.39 is 0 Å². The molecule has 1 N–H and O–H groups in total. The summed E-state index contributed by atoms with van der Waals surface area (Å²) in [5.41, 5.74) is 1.87. The molecule has 1 amide bonds. The Bertz CT molecular complexity index is 702. The standard InChI is InChI=1S/C14H12BrCl2N3O/c1-7-4-11(16)18-13(17)12(7)19-14(21)10-5-8(15)6-20(10)9-2-3-9/h4-6,9H,2-3H2,1H3,(H,19,21). The molecule has 2 aromatic heterocycles. The average molecular weight is 389 g/mol. The molecule has 1 aliphatic rings. The van der Waals surface area contributed by atoms with Crippen LogP contribution in [0.5, 0.6) is 0 Å². The number of halogens is 3. The molecule has 1 saturated carbocycles. The Balaban J connectivity index is 1.90. The Kier molecular flexibility index (Phi) is 3.99. The highest BCUT2D eigenvalue weighted by molar-refractivity contribution is 9.10. The van der Waals surface area contributed by atoms with E-state index in [-0.39, 0.29) is 11.1 Å². The van der Waals surface area contributed by atoms with Crippen LogP contribution in [0.25, 0.3) is 0 Å². The molecule has 1 aliphatic carbocycles. The van der Waals surface area contributed by atoms with Gasteiger partial charge in [-0.2, -0.15) is 0 Å². The van der Waals surface area contributed by atoms with Crippen molar-refractivity contribution in [3.8, 4) is 0 Å². The van der Waals surface area contributed by atoms with Gasteiger partial charge in [-0.05, 0) is 53.4 Å². The second-order valence-corrected chi connectivity index (χ2v) is 6.72. The van der Waals surface area contributed by atoms with Gasteiger partial charge in [-0.1, -0.05) is 23.2 Å². The van der Waals surface area contributed by atoms with Crippen LogP contribution in [-0.2, 0) is 0 Å². The molecule has 0 radical (unpaired) electrons. The van der Waals surface area contributed by atoms with E-state index >= 15 is 0 Å². The van der Waals surface area contributed by atoms with E-state index in [1.165, 1.54) is 0 Å². The molecular weight excluding hydrogens is 377 g/mol. The monoisotopic (exact) mass is 387 g/mol. The number of carbonyl (C=O) groups is 1. The van der Waals surface area contributed by atoms with Gasteiger partial charge in [0.25, 0.3) is 5.91 Å². The van der Waals surface area contributed by atoms with Crippen molar-refractivity contribution in [1.29, 1.82) is 0 Å². The maximum atomic E-state index is 12.5. The number of pyridine rings is 1. The van der Waals surface area contributed by atoms with Crippen LogP contribution < -0.4 is 5.32 Å². The number of carbonyl (C=O) groups excluding carboxylic acids is 1. The third-order valence-corrected chi connectivity index (χ3v) is 4.27. The SMILES string of the molecule is Cc1cc(Cl)nc(Cl)c1NC(=O)c1cc(Br)cn1C1CC1. The second-order valence-electron chi connectivity index (χ2n) is 5.06. The van der Waals surface area contributed by atoms with Gasteiger partial charge in [-0.3, -0.25) is 4.79 Å². The largest absolute Gasteiger partial charge is 0.339 e. The predicted molar refractivity (Wildman–Crippen MR) is 87.4 cm³/mol. The number of anilines is 1. The lowest BCUT2D eigenvalue weighted by Crippen LogP contribution is -2.17. The molecule has 2 aromatic rings. The Morgan fingerprint density at radius 3 is 2.76 bits per heavy atom. The lowest BCUT2D eigenvalue weighted by Gasteiger charge is -2.12. The highest BCUT2D eigenvalue weighted by Crippen LogP contribution is 2.38. The van der Waals surface area contributed by atoms with Crippen LogP contribution in [0.3, 0.4) is 0 Å². The molecule has 4 nitrogen and oxygen atoms in total. The molecule has 0 bridgehead atoms. The van der Waals surface area contributed by atoms with Crippen molar-refractivity contribution < 1.29 is 4.79 Å². The van der Waals surface area contributed by atoms with Gasteiger partial charge in [-0.25, -0.2) is 4.98 Å². The van der Waals surface area contributed by atoms with Gasteiger partial charge in [0.1, 0.15) is 10.8 Å². The molecule has 0 saturated heterocycles. The van der Waals surface area contributed by atoms with Crippen molar-refractivity contribution in [2.24, 2.45) is 0 Å². The van der Waals surface area contributed by atoms with Crippen LogP contribution >= 0.6 is 39.1 Å². The molecule has 1 fully saturated rings. The molecule has 21 heavy (non-hydrogen) atoms. The van der Waals surface area contributed by atoms with Crippen molar-refractivity contribution in [1.82, 2.24) is 9.55 Å². The first-order valence-corrected chi connectivity index (χ1v) is 8.02. The number of aromatic nitrogens is 2. The third kappa shape index (κ3) is 3.10. The molecule has 0 aliphatic heterocycles. The van der Waals surface area contributed by atoms with Gasteiger partial charge in [0.05, 0.1) is 5.69 Å². The summed E-state index contributed by atoms with van der Waals surface area (Å²) in [5, 5.41) is 3.32. The molecule has 3 rings (SSSR count). The number of nitrogens with zero attached hydrogens (tertiary/aromatic N) is 2. The molecule has 0 aromatic carbocycles. The van der Waals surface area contributed by atoms with Crippen molar-refractivity contribution in [2.75, 3.05) is 5.32 Å². The number of hydrogen-bond donors (Lipinski definition) is 1. The minimum atomic E-state index is -0.207. The summed E-state index contributed by atoms with van der Waals surface area (Å²) >= 11 is 15.3. The fraction of sp³-hybridized carbons (Fsp3) is 0.286. The van der Waals surface area contributed by atoms with E-state index in [0.29, 0.717) is 22.6 Å². The second kappa shape index (κ2) is 5.63. The Labute approximate surface area is 140 Å². The molecule has 0 spiro atoms. The van der Waals surface area contributed by atoms with Crippen molar-refractivity contribution in [3.05, 3.63) is 44.4 Å².